The summed E-state index contributed by atoms with van der Waals surface area (Å²) < 4.78 is 23.4. The van der Waals surface area contributed by atoms with Gasteiger partial charge in [0.2, 0.25) is 0 Å². The highest BCUT2D eigenvalue weighted by Gasteiger charge is 2.33. The second-order valence-corrected chi connectivity index (χ2v) is 8.25. The van der Waals surface area contributed by atoms with Gasteiger partial charge in [-0.1, -0.05) is 24.6 Å². The Balaban J connectivity index is 2.23. The number of Topliss-reactive ketones (excluding diaryl/α,β-unsaturated/α-hetero) is 1. The summed E-state index contributed by atoms with van der Waals surface area (Å²) in [5, 5.41) is -0.352. The normalized spacial score (nSPS) is 23.6. The SMILES string of the molecule is Cc1cccc(C(=O)C2CCCC(S(C)(=O)=O)C2)c1C. The number of benzene rings is 1. The van der Waals surface area contributed by atoms with E-state index in [0.717, 1.165) is 29.5 Å². The Bertz CT molecular complexity index is 617. The van der Waals surface area contributed by atoms with Gasteiger partial charge in [-0.05, 0) is 44.2 Å². The molecule has 0 aliphatic heterocycles. The standard InChI is InChI=1S/C16H22O3S/c1-11-6-4-9-15(12(11)2)16(17)13-7-5-8-14(10-13)20(3,18)19/h4,6,9,13-14H,5,7-8,10H2,1-3H3. The first-order valence-electron chi connectivity index (χ1n) is 7.10. The average molecular weight is 294 g/mol. The van der Waals surface area contributed by atoms with E-state index in [1.807, 2.05) is 32.0 Å². The molecule has 0 radical (unpaired) electrons. The van der Waals surface area contributed by atoms with E-state index in [1.54, 1.807) is 0 Å². The highest BCUT2D eigenvalue weighted by atomic mass is 32.2. The molecule has 0 aromatic heterocycles. The smallest absolute Gasteiger partial charge is 0.166 e. The van der Waals surface area contributed by atoms with Crippen LogP contribution in [0.1, 0.15) is 47.2 Å². The lowest BCUT2D eigenvalue weighted by molar-refractivity contribution is 0.0890. The predicted molar refractivity (Wildman–Crippen MR) is 80.8 cm³/mol. The average Bonchev–Trinajstić information content (AvgIpc) is 2.40. The van der Waals surface area contributed by atoms with Crippen LogP contribution in [0.25, 0.3) is 0 Å². The lowest BCUT2D eigenvalue weighted by atomic mass is 9.82. The zero-order valence-electron chi connectivity index (χ0n) is 12.3. The largest absolute Gasteiger partial charge is 0.294 e. The Morgan fingerprint density at radius 3 is 2.55 bits per heavy atom. The topological polar surface area (TPSA) is 51.2 Å². The molecule has 0 heterocycles. The van der Waals surface area contributed by atoms with Crippen LogP contribution < -0.4 is 0 Å². The Labute approximate surface area is 121 Å². The van der Waals surface area contributed by atoms with Crippen LogP contribution in [0.3, 0.4) is 0 Å². The predicted octanol–water partition coefficient (Wildman–Crippen LogP) is 3.09. The van der Waals surface area contributed by atoms with Crippen LogP contribution in [0.4, 0.5) is 0 Å². The Hall–Kier alpha value is -1.16. The van der Waals surface area contributed by atoms with Crippen molar-refractivity contribution in [3.05, 3.63) is 34.9 Å². The Morgan fingerprint density at radius 1 is 1.20 bits per heavy atom. The molecule has 1 fully saturated rings. The van der Waals surface area contributed by atoms with Crippen LogP contribution in [0, 0.1) is 19.8 Å². The van der Waals surface area contributed by atoms with Crippen molar-refractivity contribution in [2.75, 3.05) is 6.26 Å². The van der Waals surface area contributed by atoms with Gasteiger partial charge in [0.15, 0.2) is 5.78 Å². The molecule has 2 rings (SSSR count). The zero-order chi connectivity index (χ0) is 14.9. The second-order valence-electron chi connectivity index (χ2n) is 5.93. The van der Waals surface area contributed by atoms with Crippen molar-refractivity contribution >= 4 is 15.6 Å². The van der Waals surface area contributed by atoms with Crippen LogP contribution in [-0.2, 0) is 9.84 Å². The first-order valence-corrected chi connectivity index (χ1v) is 9.05. The van der Waals surface area contributed by atoms with Gasteiger partial charge in [-0.3, -0.25) is 4.79 Å². The molecular weight excluding hydrogens is 272 g/mol. The molecule has 0 bridgehead atoms. The fourth-order valence-corrected chi connectivity index (χ4v) is 4.19. The number of sulfone groups is 1. The van der Waals surface area contributed by atoms with Crippen molar-refractivity contribution < 1.29 is 13.2 Å². The monoisotopic (exact) mass is 294 g/mol. The summed E-state index contributed by atoms with van der Waals surface area (Å²) in [5.41, 5.74) is 2.87. The van der Waals surface area contributed by atoms with Crippen molar-refractivity contribution in [1.82, 2.24) is 0 Å². The molecular formula is C16H22O3S. The summed E-state index contributed by atoms with van der Waals surface area (Å²) in [6, 6.07) is 5.74. The third-order valence-corrected chi connectivity index (χ3v) is 6.11. The van der Waals surface area contributed by atoms with E-state index in [4.69, 9.17) is 0 Å². The van der Waals surface area contributed by atoms with Gasteiger partial charge in [-0.15, -0.1) is 0 Å². The number of aryl methyl sites for hydroxylation is 1. The third kappa shape index (κ3) is 3.11. The molecule has 1 saturated carbocycles. The summed E-state index contributed by atoms with van der Waals surface area (Å²) in [7, 11) is -3.05. The molecule has 110 valence electrons. The molecule has 2 atom stereocenters. The van der Waals surface area contributed by atoms with E-state index in [-0.39, 0.29) is 17.0 Å². The van der Waals surface area contributed by atoms with Crippen LogP contribution >= 0.6 is 0 Å². The zero-order valence-corrected chi connectivity index (χ0v) is 13.2. The summed E-state index contributed by atoms with van der Waals surface area (Å²) in [6.45, 7) is 3.95. The van der Waals surface area contributed by atoms with Crippen LogP contribution in [0.2, 0.25) is 0 Å². The van der Waals surface area contributed by atoms with Gasteiger partial charge in [-0.25, -0.2) is 8.42 Å². The van der Waals surface area contributed by atoms with E-state index < -0.39 is 9.84 Å². The number of hydrogen-bond donors (Lipinski definition) is 0. The summed E-state index contributed by atoms with van der Waals surface area (Å²) in [5.74, 6) is -0.0384. The highest BCUT2D eigenvalue weighted by Crippen LogP contribution is 2.31. The van der Waals surface area contributed by atoms with Crippen molar-refractivity contribution in [2.24, 2.45) is 5.92 Å². The van der Waals surface area contributed by atoms with Gasteiger partial charge in [-0.2, -0.15) is 0 Å². The van der Waals surface area contributed by atoms with E-state index >= 15 is 0 Å². The molecule has 20 heavy (non-hydrogen) atoms. The van der Waals surface area contributed by atoms with Crippen molar-refractivity contribution in [1.29, 1.82) is 0 Å². The molecule has 1 aromatic rings. The first kappa shape index (κ1) is 15.2. The molecule has 0 spiro atoms. The summed E-state index contributed by atoms with van der Waals surface area (Å²) in [6.07, 6.45) is 4.07. The maximum absolute atomic E-state index is 12.7. The number of hydrogen-bond acceptors (Lipinski definition) is 3. The minimum absolute atomic E-state index is 0.111. The molecule has 0 amide bonds. The van der Waals surface area contributed by atoms with Gasteiger partial charge in [0, 0.05) is 17.7 Å². The number of ketones is 1. The molecule has 2 unspecified atom stereocenters. The molecule has 1 aliphatic rings. The van der Waals surface area contributed by atoms with Crippen LogP contribution in [0.15, 0.2) is 18.2 Å². The maximum Gasteiger partial charge on any atom is 0.166 e. The van der Waals surface area contributed by atoms with Crippen molar-refractivity contribution in [3.8, 4) is 0 Å². The van der Waals surface area contributed by atoms with Crippen LogP contribution in [-0.4, -0.2) is 25.7 Å². The van der Waals surface area contributed by atoms with E-state index in [1.165, 1.54) is 6.26 Å². The lowest BCUT2D eigenvalue weighted by Crippen LogP contribution is -2.31. The number of carbonyl (C=O) groups is 1. The van der Waals surface area contributed by atoms with Gasteiger partial charge in [0.25, 0.3) is 0 Å². The maximum atomic E-state index is 12.7. The molecule has 1 aliphatic carbocycles. The molecule has 4 heteroatoms. The minimum Gasteiger partial charge on any atom is -0.294 e. The Morgan fingerprint density at radius 2 is 1.90 bits per heavy atom. The van der Waals surface area contributed by atoms with Crippen molar-refractivity contribution in [2.45, 2.75) is 44.8 Å². The fourth-order valence-electron chi connectivity index (χ4n) is 3.01. The minimum atomic E-state index is -3.05. The van der Waals surface area contributed by atoms with E-state index in [0.29, 0.717) is 12.8 Å². The molecule has 0 N–H and O–H groups in total. The number of carbonyl (C=O) groups excluding carboxylic acids is 1. The van der Waals surface area contributed by atoms with E-state index in [2.05, 4.69) is 0 Å². The summed E-state index contributed by atoms with van der Waals surface area (Å²) in [4.78, 5) is 12.7. The third-order valence-electron chi connectivity index (χ3n) is 4.47. The second kappa shape index (κ2) is 5.68. The molecule has 3 nitrogen and oxygen atoms in total. The summed E-state index contributed by atoms with van der Waals surface area (Å²) >= 11 is 0. The van der Waals surface area contributed by atoms with Gasteiger partial charge in [0.05, 0.1) is 5.25 Å². The molecule has 1 aromatic carbocycles. The van der Waals surface area contributed by atoms with Crippen molar-refractivity contribution in [3.63, 3.8) is 0 Å². The van der Waals surface area contributed by atoms with E-state index in [9.17, 15) is 13.2 Å². The lowest BCUT2D eigenvalue weighted by Gasteiger charge is -2.27. The van der Waals surface area contributed by atoms with Gasteiger partial charge >= 0.3 is 0 Å². The first-order chi connectivity index (χ1) is 9.30. The van der Waals surface area contributed by atoms with Gasteiger partial charge < -0.3 is 0 Å². The quantitative estimate of drug-likeness (QED) is 0.805. The van der Waals surface area contributed by atoms with Gasteiger partial charge in [0.1, 0.15) is 9.84 Å². The molecule has 0 saturated heterocycles. The Kier molecular flexibility index (Phi) is 4.33. The fraction of sp³-hybridized carbons (Fsp3) is 0.562. The van der Waals surface area contributed by atoms with Crippen LogP contribution in [0.5, 0.6) is 0 Å². The number of rotatable bonds is 3. The highest BCUT2D eigenvalue weighted by molar-refractivity contribution is 7.91.